The van der Waals surface area contributed by atoms with Gasteiger partial charge in [0.1, 0.15) is 22.0 Å². The minimum Gasteiger partial charge on any atom is -0.478 e. The fourth-order valence-corrected chi connectivity index (χ4v) is 3.22. The maximum Gasteiger partial charge on any atom is 0.340 e. The molecule has 118 valence electrons. The van der Waals surface area contributed by atoms with E-state index in [1.165, 1.54) is 13.8 Å². The molecular formula is C13H19NO6S. The summed E-state index contributed by atoms with van der Waals surface area (Å²) < 4.78 is 36.9. The first kappa shape index (κ1) is 17.4. The summed E-state index contributed by atoms with van der Waals surface area (Å²) in [5.74, 6) is -1.25. The predicted octanol–water partition coefficient (Wildman–Crippen LogP) is 1.47. The van der Waals surface area contributed by atoms with Crippen molar-refractivity contribution in [1.82, 2.24) is 4.72 Å². The van der Waals surface area contributed by atoms with Crippen LogP contribution in [0, 0.1) is 13.8 Å². The number of hydrogen-bond donors (Lipinski definition) is 2. The Morgan fingerprint density at radius 3 is 2.52 bits per heavy atom. The molecule has 1 aromatic heterocycles. The van der Waals surface area contributed by atoms with Crippen molar-refractivity contribution in [3.8, 4) is 0 Å². The number of aryl methyl sites for hydroxylation is 2. The fraction of sp³-hybridized carbons (Fsp3) is 0.462. The van der Waals surface area contributed by atoms with Crippen LogP contribution in [0.2, 0.25) is 0 Å². The van der Waals surface area contributed by atoms with E-state index in [0.29, 0.717) is 6.61 Å². The van der Waals surface area contributed by atoms with Gasteiger partial charge in [-0.15, -0.1) is 0 Å². The van der Waals surface area contributed by atoms with Crippen LogP contribution in [0.1, 0.15) is 28.8 Å². The number of rotatable bonds is 8. The number of nitrogens with one attached hydrogen (secondary N) is 1. The molecule has 2 N–H and O–H groups in total. The lowest BCUT2D eigenvalue weighted by Gasteiger charge is -2.07. The van der Waals surface area contributed by atoms with Crippen LogP contribution in [0.15, 0.2) is 21.5 Å². The molecule has 0 atom stereocenters. The van der Waals surface area contributed by atoms with Crippen LogP contribution in [0.3, 0.4) is 0 Å². The first-order valence-corrected chi connectivity index (χ1v) is 7.70. The predicted molar refractivity (Wildman–Crippen MR) is 76.0 cm³/mol. The number of sulfonamides is 1. The summed E-state index contributed by atoms with van der Waals surface area (Å²) >= 11 is 0. The van der Waals surface area contributed by atoms with E-state index in [1.54, 1.807) is 6.92 Å². The maximum atomic E-state index is 12.2. The van der Waals surface area contributed by atoms with Gasteiger partial charge in [0, 0.05) is 6.54 Å². The third-order valence-corrected chi connectivity index (χ3v) is 4.19. The molecule has 0 aliphatic carbocycles. The second-order valence-corrected chi connectivity index (χ2v) is 6.33. The summed E-state index contributed by atoms with van der Waals surface area (Å²) in [6.45, 7) is 8.78. The second kappa shape index (κ2) is 6.88. The molecule has 8 heteroatoms. The number of furan rings is 1. The molecule has 21 heavy (non-hydrogen) atoms. The Morgan fingerprint density at radius 1 is 1.38 bits per heavy atom. The van der Waals surface area contributed by atoms with Crippen molar-refractivity contribution < 1.29 is 27.5 Å². The Morgan fingerprint density at radius 2 is 2.00 bits per heavy atom. The van der Waals surface area contributed by atoms with Gasteiger partial charge in [-0.25, -0.2) is 17.9 Å². The van der Waals surface area contributed by atoms with E-state index < -0.39 is 16.0 Å². The SMILES string of the molecule is C=C(C)COCCNS(=O)(=O)c1c(C)oc(C)c1C(=O)O. The standard InChI is InChI=1S/C13H19NO6S/c1-8(2)7-19-6-5-14-21(17,18)12-10(4)20-9(3)11(12)13(15)16/h14H,1,5-7H2,2-4H3,(H,15,16). The molecule has 1 aromatic rings. The van der Waals surface area contributed by atoms with Gasteiger partial charge in [0.2, 0.25) is 10.0 Å². The molecule has 0 spiro atoms. The van der Waals surface area contributed by atoms with Gasteiger partial charge in [0.25, 0.3) is 0 Å². The zero-order valence-electron chi connectivity index (χ0n) is 12.2. The molecule has 0 aliphatic heterocycles. The van der Waals surface area contributed by atoms with E-state index in [1.807, 2.05) is 0 Å². The van der Waals surface area contributed by atoms with Crippen molar-refractivity contribution in [3.63, 3.8) is 0 Å². The van der Waals surface area contributed by atoms with E-state index in [2.05, 4.69) is 11.3 Å². The summed E-state index contributed by atoms with van der Waals surface area (Å²) in [7, 11) is -3.97. The summed E-state index contributed by atoms with van der Waals surface area (Å²) in [6, 6.07) is 0. The van der Waals surface area contributed by atoms with Crippen LogP contribution in [-0.2, 0) is 14.8 Å². The zero-order valence-corrected chi connectivity index (χ0v) is 13.0. The highest BCUT2D eigenvalue weighted by Gasteiger charge is 2.30. The van der Waals surface area contributed by atoms with Gasteiger partial charge in [0.05, 0.1) is 13.2 Å². The Kier molecular flexibility index (Phi) is 5.70. The summed E-state index contributed by atoms with van der Waals surface area (Å²) in [5, 5.41) is 9.11. The molecule has 0 amide bonds. The van der Waals surface area contributed by atoms with Crippen LogP contribution in [0.25, 0.3) is 0 Å². The smallest absolute Gasteiger partial charge is 0.340 e. The lowest BCUT2D eigenvalue weighted by atomic mass is 10.2. The highest BCUT2D eigenvalue weighted by Crippen LogP contribution is 2.26. The topological polar surface area (TPSA) is 106 Å². The number of hydrogen-bond acceptors (Lipinski definition) is 5. The maximum absolute atomic E-state index is 12.2. The van der Waals surface area contributed by atoms with Gasteiger partial charge in [0.15, 0.2) is 0 Å². The minimum atomic E-state index is -3.97. The summed E-state index contributed by atoms with van der Waals surface area (Å²) in [4.78, 5) is 10.8. The summed E-state index contributed by atoms with van der Waals surface area (Å²) in [5.41, 5.74) is 0.482. The number of aromatic carboxylic acids is 1. The molecule has 0 radical (unpaired) electrons. The van der Waals surface area contributed by atoms with Gasteiger partial charge >= 0.3 is 5.97 Å². The van der Waals surface area contributed by atoms with Crippen molar-refractivity contribution >= 4 is 16.0 Å². The minimum absolute atomic E-state index is 0.0261. The van der Waals surface area contributed by atoms with Crippen LogP contribution in [0.4, 0.5) is 0 Å². The molecular weight excluding hydrogens is 298 g/mol. The van der Waals surface area contributed by atoms with Gasteiger partial charge in [-0.05, 0) is 20.8 Å². The Bertz CT molecular complexity index is 644. The van der Waals surface area contributed by atoms with Gasteiger partial charge < -0.3 is 14.3 Å². The molecule has 1 heterocycles. The van der Waals surface area contributed by atoms with Gasteiger partial charge in [-0.3, -0.25) is 0 Å². The van der Waals surface area contributed by atoms with Crippen molar-refractivity contribution in [2.24, 2.45) is 0 Å². The third kappa shape index (κ3) is 4.42. The van der Waals surface area contributed by atoms with E-state index in [-0.39, 0.29) is 35.1 Å². The molecule has 0 fully saturated rings. The van der Waals surface area contributed by atoms with Crippen molar-refractivity contribution in [1.29, 1.82) is 0 Å². The highest BCUT2D eigenvalue weighted by molar-refractivity contribution is 7.89. The third-order valence-electron chi connectivity index (χ3n) is 2.57. The first-order valence-electron chi connectivity index (χ1n) is 6.22. The fourth-order valence-electron chi connectivity index (χ4n) is 1.80. The monoisotopic (exact) mass is 317 g/mol. The Hall–Kier alpha value is -1.64. The zero-order chi connectivity index (χ0) is 16.2. The Labute approximate surface area is 123 Å². The van der Waals surface area contributed by atoms with Crippen LogP contribution in [0.5, 0.6) is 0 Å². The van der Waals surface area contributed by atoms with Crippen molar-refractivity contribution in [2.45, 2.75) is 25.7 Å². The van der Waals surface area contributed by atoms with E-state index >= 15 is 0 Å². The largest absolute Gasteiger partial charge is 0.478 e. The normalized spacial score (nSPS) is 11.6. The van der Waals surface area contributed by atoms with Crippen LogP contribution < -0.4 is 4.72 Å². The lowest BCUT2D eigenvalue weighted by Crippen LogP contribution is -2.29. The number of carboxylic acids is 1. The van der Waals surface area contributed by atoms with Crippen molar-refractivity contribution in [2.75, 3.05) is 19.8 Å². The highest BCUT2D eigenvalue weighted by atomic mass is 32.2. The number of ether oxygens (including phenoxy) is 1. The first-order chi connectivity index (χ1) is 9.66. The number of carbonyl (C=O) groups is 1. The Balaban J connectivity index is 2.84. The number of carboxylic acid groups (broad SMARTS) is 1. The molecule has 0 aliphatic rings. The molecule has 0 aromatic carbocycles. The second-order valence-electron chi connectivity index (χ2n) is 4.63. The van der Waals surface area contributed by atoms with Gasteiger partial charge in [-0.2, -0.15) is 0 Å². The lowest BCUT2D eigenvalue weighted by molar-refractivity contribution is 0.0691. The average Bonchev–Trinajstić information content (AvgIpc) is 2.63. The van der Waals surface area contributed by atoms with Crippen LogP contribution >= 0.6 is 0 Å². The average molecular weight is 317 g/mol. The molecule has 0 unspecified atom stereocenters. The van der Waals surface area contributed by atoms with Crippen LogP contribution in [-0.4, -0.2) is 39.3 Å². The van der Waals surface area contributed by atoms with E-state index in [0.717, 1.165) is 5.57 Å². The van der Waals surface area contributed by atoms with E-state index in [9.17, 15) is 13.2 Å². The molecule has 7 nitrogen and oxygen atoms in total. The van der Waals surface area contributed by atoms with E-state index in [4.69, 9.17) is 14.3 Å². The molecule has 0 saturated heterocycles. The van der Waals surface area contributed by atoms with Gasteiger partial charge in [-0.1, -0.05) is 12.2 Å². The molecule has 1 rings (SSSR count). The molecule has 0 bridgehead atoms. The summed E-state index contributed by atoms with van der Waals surface area (Å²) in [6.07, 6.45) is 0. The quantitative estimate of drug-likeness (QED) is 0.555. The van der Waals surface area contributed by atoms with Crippen molar-refractivity contribution in [3.05, 3.63) is 29.2 Å². The molecule has 0 saturated carbocycles.